The molecule has 0 spiro atoms. The largest absolute Gasteiger partial charge is 0.343 e. The molecule has 0 radical (unpaired) electrons. The zero-order valence-corrected chi connectivity index (χ0v) is 12.0. The Labute approximate surface area is 127 Å². The number of piperidine rings is 1. The molecule has 0 aliphatic carbocycles. The highest BCUT2D eigenvalue weighted by Gasteiger charge is 2.33. The summed E-state index contributed by atoms with van der Waals surface area (Å²) in [5.74, 6) is -0.209. The van der Waals surface area contributed by atoms with Gasteiger partial charge in [0.25, 0.3) is 5.91 Å². The highest BCUT2D eigenvalue weighted by Crippen LogP contribution is 2.26. The van der Waals surface area contributed by atoms with E-state index in [0.29, 0.717) is 19.0 Å². The first-order valence-corrected chi connectivity index (χ1v) is 7.28. The topological polar surface area (TPSA) is 104 Å². The van der Waals surface area contributed by atoms with Gasteiger partial charge in [-0.1, -0.05) is 0 Å². The lowest BCUT2D eigenvalue weighted by atomic mass is 9.93. The van der Waals surface area contributed by atoms with Crippen LogP contribution in [0.1, 0.15) is 30.9 Å². The summed E-state index contributed by atoms with van der Waals surface area (Å²) in [6, 6.07) is 0.616. The molecule has 1 aromatic heterocycles. The van der Waals surface area contributed by atoms with Gasteiger partial charge in [-0.2, -0.15) is 0 Å². The first-order chi connectivity index (χ1) is 10.6. The Morgan fingerprint density at radius 3 is 2.68 bits per heavy atom. The molecule has 4 amide bonds. The number of likely N-dealkylation sites (tertiary alicyclic amines) is 1. The van der Waals surface area contributed by atoms with Crippen molar-refractivity contribution in [2.24, 2.45) is 0 Å². The lowest BCUT2D eigenvalue weighted by molar-refractivity contribution is -0.134. The minimum Gasteiger partial charge on any atom is -0.343 e. The first kappa shape index (κ1) is 14.4. The molecular formula is C14H17N5O3. The molecule has 2 aliphatic rings. The van der Waals surface area contributed by atoms with Gasteiger partial charge in [0.1, 0.15) is 12.4 Å². The van der Waals surface area contributed by atoms with Gasteiger partial charge in [0, 0.05) is 30.9 Å². The fraction of sp³-hybridized carbons (Fsp3) is 0.500. The van der Waals surface area contributed by atoms with Crippen molar-refractivity contribution in [3.63, 3.8) is 0 Å². The second-order valence-corrected chi connectivity index (χ2v) is 5.51. The van der Waals surface area contributed by atoms with Crippen LogP contribution >= 0.6 is 0 Å². The molecule has 2 aliphatic heterocycles. The molecule has 2 N–H and O–H groups in total. The predicted octanol–water partition coefficient (Wildman–Crippen LogP) is -0.219. The van der Waals surface area contributed by atoms with Crippen molar-refractivity contribution >= 4 is 17.8 Å². The maximum Gasteiger partial charge on any atom is 0.322 e. The van der Waals surface area contributed by atoms with Gasteiger partial charge in [-0.3, -0.25) is 14.9 Å². The third-order valence-electron chi connectivity index (χ3n) is 4.11. The molecule has 3 heterocycles. The first-order valence-electron chi connectivity index (χ1n) is 7.28. The maximum absolute atomic E-state index is 12.2. The van der Waals surface area contributed by atoms with Crippen molar-refractivity contribution in [1.82, 2.24) is 25.5 Å². The molecule has 0 aromatic carbocycles. The summed E-state index contributed by atoms with van der Waals surface area (Å²) in [4.78, 5) is 44.6. The number of imide groups is 1. The van der Waals surface area contributed by atoms with Gasteiger partial charge in [0.15, 0.2) is 0 Å². The van der Waals surface area contributed by atoms with Crippen molar-refractivity contribution in [2.75, 3.05) is 13.1 Å². The minimum absolute atomic E-state index is 0.00967. The minimum atomic E-state index is -0.750. The van der Waals surface area contributed by atoms with Crippen LogP contribution in [0.3, 0.4) is 0 Å². The zero-order chi connectivity index (χ0) is 15.5. The maximum atomic E-state index is 12.2. The summed E-state index contributed by atoms with van der Waals surface area (Å²) >= 11 is 0. The number of hydrogen-bond acceptors (Lipinski definition) is 5. The van der Waals surface area contributed by atoms with E-state index in [-0.39, 0.29) is 12.3 Å². The van der Waals surface area contributed by atoms with Crippen LogP contribution in [0.15, 0.2) is 18.6 Å². The highest BCUT2D eigenvalue weighted by atomic mass is 16.2. The normalized spacial score (nSPS) is 22.4. The zero-order valence-electron chi connectivity index (χ0n) is 12.0. The summed E-state index contributed by atoms with van der Waals surface area (Å²) in [6.45, 7) is 1.27. The van der Waals surface area contributed by atoms with E-state index in [4.69, 9.17) is 0 Å². The standard InChI is InChI=1S/C14H17N5O3/c20-12(7-11-13(21)18-14(22)17-11)19-5-2-9(3-6-19)10-1-4-15-8-16-10/h1,4,8-9,11H,2-3,5-7H2,(H2,17,18,21,22)/t11-/m0/s1. The van der Waals surface area contributed by atoms with Crippen LogP contribution in [0.5, 0.6) is 0 Å². The smallest absolute Gasteiger partial charge is 0.322 e. The Hall–Kier alpha value is -2.51. The second-order valence-electron chi connectivity index (χ2n) is 5.51. The number of amides is 4. The van der Waals surface area contributed by atoms with Gasteiger partial charge in [0.2, 0.25) is 5.91 Å². The van der Waals surface area contributed by atoms with Gasteiger partial charge >= 0.3 is 6.03 Å². The molecule has 1 aromatic rings. The van der Waals surface area contributed by atoms with E-state index in [1.807, 2.05) is 6.07 Å². The Balaban J connectivity index is 1.52. The molecule has 0 unspecified atom stereocenters. The molecular weight excluding hydrogens is 286 g/mol. The van der Waals surface area contributed by atoms with Crippen LogP contribution in [-0.2, 0) is 9.59 Å². The van der Waals surface area contributed by atoms with Crippen LogP contribution in [0.25, 0.3) is 0 Å². The molecule has 2 saturated heterocycles. The van der Waals surface area contributed by atoms with E-state index in [2.05, 4.69) is 20.6 Å². The van der Waals surface area contributed by atoms with Crippen molar-refractivity contribution in [3.8, 4) is 0 Å². The molecule has 116 valence electrons. The van der Waals surface area contributed by atoms with Gasteiger partial charge in [-0.05, 0) is 18.9 Å². The fourth-order valence-electron chi connectivity index (χ4n) is 2.87. The quantitative estimate of drug-likeness (QED) is 0.751. The summed E-state index contributed by atoms with van der Waals surface area (Å²) in [6.07, 6.45) is 4.95. The van der Waals surface area contributed by atoms with Crippen molar-refractivity contribution in [3.05, 3.63) is 24.3 Å². The molecule has 8 heteroatoms. The number of nitrogens with one attached hydrogen (secondary N) is 2. The monoisotopic (exact) mass is 303 g/mol. The number of carbonyl (C=O) groups is 3. The lowest BCUT2D eigenvalue weighted by Crippen LogP contribution is -2.42. The fourth-order valence-corrected chi connectivity index (χ4v) is 2.87. The summed E-state index contributed by atoms with van der Waals surface area (Å²) in [5.41, 5.74) is 1.00. The molecule has 0 saturated carbocycles. The third kappa shape index (κ3) is 3.05. The van der Waals surface area contributed by atoms with Crippen LogP contribution in [0.4, 0.5) is 4.79 Å². The van der Waals surface area contributed by atoms with E-state index in [9.17, 15) is 14.4 Å². The summed E-state index contributed by atoms with van der Waals surface area (Å²) in [5, 5.41) is 4.57. The van der Waals surface area contributed by atoms with Crippen molar-refractivity contribution < 1.29 is 14.4 Å². The molecule has 1 atom stereocenters. The highest BCUT2D eigenvalue weighted by molar-refractivity contribution is 6.05. The Bertz CT molecular complexity index is 583. The number of rotatable bonds is 3. The molecule has 8 nitrogen and oxygen atoms in total. The number of carbonyl (C=O) groups excluding carboxylic acids is 3. The van der Waals surface area contributed by atoms with E-state index in [1.54, 1.807) is 11.1 Å². The number of urea groups is 1. The van der Waals surface area contributed by atoms with Crippen LogP contribution < -0.4 is 10.6 Å². The Morgan fingerprint density at radius 2 is 2.09 bits per heavy atom. The van der Waals surface area contributed by atoms with Crippen molar-refractivity contribution in [1.29, 1.82) is 0 Å². The Kier molecular flexibility index (Phi) is 3.99. The predicted molar refractivity (Wildman–Crippen MR) is 75.7 cm³/mol. The van der Waals surface area contributed by atoms with Crippen molar-refractivity contribution in [2.45, 2.75) is 31.2 Å². The summed E-state index contributed by atoms with van der Waals surface area (Å²) in [7, 11) is 0. The lowest BCUT2D eigenvalue weighted by Gasteiger charge is -2.32. The molecule has 3 rings (SSSR count). The number of nitrogens with zero attached hydrogens (tertiary/aromatic N) is 3. The van der Waals surface area contributed by atoms with E-state index < -0.39 is 18.0 Å². The summed E-state index contributed by atoms with van der Waals surface area (Å²) < 4.78 is 0. The Morgan fingerprint density at radius 1 is 1.32 bits per heavy atom. The average molecular weight is 303 g/mol. The van der Waals surface area contributed by atoms with Gasteiger partial charge in [0.05, 0.1) is 6.42 Å². The van der Waals surface area contributed by atoms with Gasteiger partial charge in [-0.25, -0.2) is 14.8 Å². The van der Waals surface area contributed by atoms with Gasteiger partial charge in [-0.15, -0.1) is 0 Å². The van der Waals surface area contributed by atoms with E-state index >= 15 is 0 Å². The van der Waals surface area contributed by atoms with Gasteiger partial charge < -0.3 is 10.2 Å². The molecule has 22 heavy (non-hydrogen) atoms. The molecule has 2 fully saturated rings. The van der Waals surface area contributed by atoms with Crippen LogP contribution in [-0.4, -0.2) is 51.8 Å². The average Bonchev–Trinajstić information content (AvgIpc) is 2.86. The van der Waals surface area contributed by atoms with Crippen LogP contribution in [0.2, 0.25) is 0 Å². The SMILES string of the molecule is O=C1NC(=O)[C@H](CC(=O)N2CCC(c3ccncn3)CC2)N1. The third-order valence-corrected chi connectivity index (χ3v) is 4.11. The second kappa shape index (κ2) is 6.08. The van der Waals surface area contributed by atoms with E-state index in [1.165, 1.54) is 6.33 Å². The van der Waals surface area contributed by atoms with E-state index in [0.717, 1.165) is 18.5 Å². The van der Waals surface area contributed by atoms with Crippen LogP contribution in [0, 0.1) is 0 Å². The number of aromatic nitrogens is 2. The number of hydrogen-bond donors (Lipinski definition) is 2. The molecule has 0 bridgehead atoms.